The van der Waals surface area contributed by atoms with Crippen molar-refractivity contribution >= 4 is 10.9 Å². The average molecular weight is 275 g/mol. The van der Waals surface area contributed by atoms with Crippen LogP contribution in [0, 0.1) is 5.92 Å². The molecule has 2 nitrogen and oxygen atoms in total. The number of aromatic nitrogens is 1. The van der Waals surface area contributed by atoms with Gasteiger partial charge in [-0.2, -0.15) is 0 Å². The summed E-state index contributed by atoms with van der Waals surface area (Å²) in [5.74, 6) is 0.267. The molecule has 0 aliphatic heterocycles. The highest BCUT2D eigenvalue weighted by Gasteiger charge is 2.28. The summed E-state index contributed by atoms with van der Waals surface area (Å²) in [6.07, 6.45) is 3.28. The van der Waals surface area contributed by atoms with E-state index < -0.39 is 6.10 Å². The van der Waals surface area contributed by atoms with Crippen LogP contribution >= 0.6 is 0 Å². The molecular formula is C19H17NO. The lowest BCUT2D eigenvalue weighted by molar-refractivity contribution is 0.113. The highest BCUT2D eigenvalue weighted by molar-refractivity contribution is 5.78. The normalized spacial score (nSPS) is 16.0. The largest absolute Gasteiger partial charge is 0.388 e. The van der Waals surface area contributed by atoms with Crippen molar-refractivity contribution in [1.29, 1.82) is 0 Å². The van der Waals surface area contributed by atoms with Crippen LogP contribution in [-0.4, -0.2) is 10.1 Å². The Labute approximate surface area is 124 Å². The molecule has 0 bridgehead atoms. The van der Waals surface area contributed by atoms with E-state index >= 15 is 0 Å². The number of hydrogen-bond donors (Lipinski definition) is 1. The summed E-state index contributed by atoms with van der Waals surface area (Å²) in [7, 11) is 0. The van der Waals surface area contributed by atoms with Crippen LogP contribution in [0.4, 0.5) is 0 Å². The Bertz CT molecular complexity index is 771. The van der Waals surface area contributed by atoms with Gasteiger partial charge in [-0.05, 0) is 47.6 Å². The van der Waals surface area contributed by atoms with E-state index in [9.17, 15) is 5.11 Å². The van der Waals surface area contributed by atoms with E-state index in [0.717, 1.165) is 29.3 Å². The zero-order chi connectivity index (χ0) is 14.2. The van der Waals surface area contributed by atoms with Gasteiger partial charge in [0.25, 0.3) is 0 Å². The van der Waals surface area contributed by atoms with Gasteiger partial charge >= 0.3 is 0 Å². The molecule has 0 fully saturated rings. The molecule has 1 atom stereocenters. The molecule has 1 aromatic heterocycles. The minimum atomic E-state index is -0.427. The Morgan fingerprint density at radius 2 is 1.71 bits per heavy atom. The molecule has 2 aromatic carbocycles. The van der Waals surface area contributed by atoms with E-state index in [1.54, 1.807) is 6.20 Å². The SMILES string of the molecule is OC(c1ccc2cccnc2c1)C1Cc2ccccc2C1. The van der Waals surface area contributed by atoms with Crippen LogP contribution in [0.3, 0.4) is 0 Å². The van der Waals surface area contributed by atoms with Gasteiger partial charge in [0.1, 0.15) is 0 Å². The fourth-order valence-electron chi connectivity index (χ4n) is 3.36. The molecule has 3 aromatic rings. The van der Waals surface area contributed by atoms with E-state index in [2.05, 4.69) is 29.2 Å². The summed E-state index contributed by atoms with van der Waals surface area (Å²) in [4.78, 5) is 4.38. The van der Waals surface area contributed by atoms with Crippen LogP contribution in [0.2, 0.25) is 0 Å². The quantitative estimate of drug-likeness (QED) is 0.774. The summed E-state index contributed by atoms with van der Waals surface area (Å²) < 4.78 is 0. The van der Waals surface area contributed by atoms with Gasteiger partial charge in [0.15, 0.2) is 0 Å². The number of nitrogens with zero attached hydrogens (tertiary/aromatic N) is 1. The summed E-state index contributed by atoms with van der Waals surface area (Å²) in [6, 6.07) is 18.6. The van der Waals surface area contributed by atoms with Crippen molar-refractivity contribution in [3.05, 3.63) is 77.5 Å². The third-order valence-corrected chi connectivity index (χ3v) is 4.50. The minimum absolute atomic E-state index is 0.267. The number of pyridine rings is 1. The molecule has 0 saturated carbocycles. The van der Waals surface area contributed by atoms with Gasteiger partial charge in [-0.1, -0.05) is 42.5 Å². The zero-order valence-corrected chi connectivity index (χ0v) is 11.7. The van der Waals surface area contributed by atoms with Crippen molar-refractivity contribution in [2.45, 2.75) is 18.9 Å². The molecule has 0 spiro atoms. The van der Waals surface area contributed by atoms with E-state index in [1.165, 1.54) is 11.1 Å². The van der Waals surface area contributed by atoms with Crippen molar-refractivity contribution in [1.82, 2.24) is 4.98 Å². The first-order chi connectivity index (χ1) is 10.3. The maximum absolute atomic E-state index is 10.7. The molecule has 2 heteroatoms. The summed E-state index contributed by atoms with van der Waals surface area (Å²) in [6.45, 7) is 0. The number of hydrogen-bond acceptors (Lipinski definition) is 2. The maximum atomic E-state index is 10.7. The van der Waals surface area contributed by atoms with E-state index in [-0.39, 0.29) is 5.92 Å². The van der Waals surface area contributed by atoms with Gasteiger partial charge in [-0.3, -0.25) is 4.98 Å². The Kier molecular flexibility index (Phi) is 2.97. The molecule has 104 valence electrons. The standard InChI is InChI=1S/C19H17NO/c21-19(17-10-14-4-1-2-5-15(14)11-17)16-8-7-13-6-3-9-20-18(13)12-16/h1-9,12,17,19,21H,10-11H2. The molecule has 21 heavy (non-hydrogen) atoms. The molecule has 1 N–H and O–H groups in total. The second-order valence-electron chi connectivity index (χ2n) is 5.84. The molecule has 0 amide bonds. The van der Waals surface area contributed by atoms with Crippen LogP contribution in [0.5, 0.6) is 0 Å². The third-order valence-electron chi connectivity index (χ3n) is 4.50. The minimum Gasteiger partial charge on any atom is -0.388 e. The van der Waals surface area contributed by atoms with E-state index in [1.807, 2.05) is 30.3 Å². The Balaban J connectivity index is 1.64. The number of benzene rings is 2. The van der Waals surface area contributed by atoms with Crippen LogP contribution in [-0.2, 0) is 12.8 Å². The molecule has 1 aliphatic rings. The molecule has 4 rings (SSSR count). The van der Waals surface area contributed by atoms with Crippen molar-refractivity contribution in [3.8, 4) is 0 Å². The fraction of sp³-hybridized carbons (Fsp3) is 0.211. The van der Waals surface area contributed by atoms with Gasteiger partial charge in [0, 0.05) is 11.6 Å². The molecule has 0 saturated heterocycles. The van der Waals surface area contributed by atoms with Gasteiger partial charge in [-0.15, -0.1) is 0 Å². The van der Waals surface area contributed by atoms with E-state index in [4.69, 9.17) is 0 Å². The first kappa shape index (κ1) is 12.5. The summed E-state index contributed by atoms with van der Waals surface area (Å²) >= 11 is 0. The molecule has 1 heterocycles. The lowest BCUT2D eigenvalue weighted by Gasteiger charge is -2.18. The van der Waals surface area contributed by atoms with Crippen molar-refractivity contribution < 1.29 is 5.11 Å². The predicted molar refractivity (Wildman–Crippen MR) is 84.0 cm³/mol. The maximum Gasteiger partial charge on any atom is 0.0825 e. The second-order valence-corrected chi connectivity index (χ2v) is 5.84. The number of rotatable bonds is 2. The number of aliphatic hydroxyl groups excluding tert-OH is 1. The van der Waals surface area contributed by atoms with Gasteiger partial charge in [0.05, 0.1) is 11.6 Å². The monoisotopic (exact) mass is 275 g/mol. The number of fused-ring (bicyclic) bond motifs is 2. The average Bonchev–Trinajstić information content (AvgIpc) is 2.97. The van der Waals surface area contributed by atoms with E-state index in [0.29, 0.717) is 0 Å². The third kappa shape index (κ3) is 2.22. The first-order valence-electron chi connectivity index (χ1n) is 7.41. The van der Waals surface area contributed by atoms with Crippen molar-refractivity contribution in [2.75, 3.05) is 0 Å². The van der Waals surface area contributed by atoms with Crippen molar-refractivity contribution in [3.63, 3.8) is 0 Å². The topological polar surface area (TPSA) is 33.1 Å². The van der Waals surface area contributed by atoms with Gasteiger partial charge in [0.2, 0.25) is 0 Å². The molecule has 1 unspecified atom stereocenters. The first-order valence-corrected chi connectivity index (χ1v) is 7.41. The Morgan fingerprint density at radius 3 is 2.48 bits per heavy atom. The Morgan fingerprint density at radius 1 is 0.952 bits per heavy atom. The lowest BCUT2D eigenvalue weighted by atomic mass is 9.92. The van der Waals surface area contributed by atoms with Gasteiger partial charge in [-0.25, -0.2) is 0 Å². The number of aliphatic hydroxyl groups is 1. The smallest absolute Gasteiger partial charge is 0.0825 e. The summed E-state index contributed by atoms with van der Waals surface area (Å²) in [5.41, 5.74) is 4.67. The highest BCUT2D eigenvalue weighted by atomic mass is 16.3. The van der Waals surface area contributed by atoms with Crippen LogP contribution in [0.25, 0.3) is 10.9 Å². The fourth-order valence-corrected chi connectivity index (χ4v) is 3.36. The molecule has 1 aliphatic carbocycles. The molecular weight excluding hydrogens is 258 g/mol. The lowest BCUT2D eigenvalue weighted by Crippen LogP contribution is -2.12. The highest BCUT2D eigenvalue weighted by Crippen LogP contribution is 2.35. The zero-order valence-electron chi connectivity index (χ0n) is 11.7. The second kappa shape index (κ2) is 4.97. The van der Waals surface area contributed by atoms with Crippen LogP contribution in [0.1, 0.15) is 22.8 Å². The molecule has 0 radical (unpaired) electrons. The van der Waals surface area contributed by atoms with Crippen LogP contribution < -0.4 is 0 Å². The van der Waals surface area contributed by atoms with Crippen LogP contribution in [0.15, 0.2) is 60.8 Å². The van der Waals surface area contributed by atoms with Crippen molar-refractivity contribution in [2.24, 2.45) is 5.92 Å². The Hall–Kier alpha value is -2.19. The predicted octanol–water partition coefficient (Wildman–Crippen LogP) is 3.68. The summed E-state index contributed by atoms with van der Waals surface area (Å²) in [5, 5.41) is 11.8. The van der Waals surface area contributed by atoms with Gasteiger partial charge < -0.3 is 5.11 Å².